The molecule has 3 aromatic carbocycles. The first-order valence-corrected chi connectivity index (χ1v) is 10.8. The number of halogens is 2. The maximum atomic E-state index is 13.9. The molecule has 0 aliphatic carbocycles. The minimum Gasteiger partial charge on any atom is -0.488 e. The Balaban J connectivity index is 1.37. The van der Waals surface area contributed by atoms with Crippen LogP contribution < -0.4 is 10.1 Å². The summed E-state index contributed by atoms with van der Waals surface area (Å²) >= 11 is 5.90. The zero-order valence-electron chi connectivity index (χ0n) is 17.6. The van der Waals surface area contributed by atoms with Crippen molar-refractivity contribution < 1.29 is 18.4 Å². The number of rotatable bonds is 9. The van der Waals surface area contributed by atoms with Gasteiger partial charge in [0.1, 0.15) is 6.61 Å². The van der Waals surface area contributed by atoms with Gasteiger partial charge in [0, 0.05) is 23.4 Å². The van der Waals surface area contributed by atoms with E-state index in [1.807, 2.05) is 30.3 Å². The summed E-state index contributed by atoms with van der Waals surface area (Å²) in [6, 6.07) is 22.2. The quantitative estimate of drug-likeness (QED) is 0.358. The molecule has 0 spiro atoms. The number of aryl methyl sites for hydroxylation is 1. The zero-order chi connectivity index (χ0) is 23.0. The van der Waals surface area contributed by atoms with Crippen molar-refractivity contribution in [2.45, 2.75) is 18.9 Å². The lowest BCUT2D eigenvalue weighted by atomic mass is 10.1. The normalized spacial score (nSPS) is 11.7. The van der Waals surface area contributed by atoms with Gasteiger partial charge in [-0.3, -0.25) is 4.79 Å². The van der Waals surface area contributed by atoms with E-state index < -0.39 is 11.9 Å². The highest BCUT2D eigenvalue weighted by molar-refractivity contribution is 6.30. The number of hydrogen-bond donors (Lipinski definition) is 1. The Morgan fingerprint density at radius 1 is 1.03 bits per heavy atom. The van der Waals surface area contributed by atoms with Gasteiger partial charge in [-0.2, -0.15) is 4.98 Å². The summed E-state index contributed by atoms with van der Waals surface area (Å²) in [5.41, 5.74) is 1.62. The molecule has 8 heteroatoms. The number of nitrogens with zero attached hydrogens (tertiary/aromatic N) is 2. The molecule has 1 amide bonds. The summed E-state index contributed by atoms with van der Waals surface area (Å²) in [5, 5.41) is 7.52. The van der Waals surface area contributed by atoms with E-state index in [0.717, 1.165) is 11.1 Å². The monoisotopic (exact) mass is 465 g/mol. The lowest BCUT2D eigenvalue weighted by molar-refractivity contribution is -0.122. The summed E-state index contributed by atoms with van der Waals surface area (Å²) in [5.74, 6) is 0.250. The Morgan fingerprint density at radius 3 is 2.52 bits per heavy atom. The van der Waals surface area contributed by atoms with Crippen LogP contribution >= 0.6 is 11.6 Å². The van der Waals surface area contributed by atoms with Crippen molar-refractivity contribution in [1.82, 2.24) is 15.5 Å². The highest BCUT2D eigenvalue weighted by Crippen LogP contribution is 2.21. The van der Waals surface area contributed by atoms with E-state index in [1.165, 1.54) is 6.07 Å². The van der Waals surface area contributed by atoms with E-state index in [-0.39, 0.29) is 31.1 Å². The van der Waals surface area contributed by atoms with Gasteiger partial charge in [0.25, 0.3) is 0 Å². The molecule has 4 rings (SSSR count). The average molecular weight is 466 g/mol. The smallest absolute Gasteiger partial charge is 0.227 e. The van der Waals surface area contributed by atoms with E-state index in [1.54, 1.807) is 42.5 Å². The molecular weight excluding hydrogens is 445 g/mol. The molecule has 168 valence electrons. The highest BCUT2D eigenvalue weighted by atomic mass is 35.5. The Kier molecular flexibility index (Phi) is 7.32. The van der Waals surface area contributed by atoms with E-state index in [2.05, 4.69) is 15.5 Å². The zero-order valence-corrected chi connectivity index (χ0v) is 18.3. The SMILES string of the molecule is O=C(CCc1nc(-c2ccc(Cl)cc2)no1)NC(COc1ccccc1F)c1ccccc1. The second kappa shape index (κ2) is 10.7. The van der Waals surface area contributed by atoms with E-state index >= 15 is 0 Å². The lowest BCUT2D eigenvalue weighted by Gasteiger charge is -2.20. The van der Waals surface area contributed by atoms with Gasteiger partial charge < -0.3 is 14.6 Å². The number of nitrogens with one attached hydrogen (secondary N) is 1. The van der Waals surface area contributed by atoms with Gasteiger partial charge in [0.15, 0.2) is 11.6 Å². The molecule has 1 atom stereocenters. The van der Waals surface area contributed by atoms with Crippen LogP contribution in [0.3, 0.4) is 0 Å². The molecule has 0 aliphatic heterocycles. The summed E-state index contributed by atoms with van der Waals surface area (Å²) in [6.07, 6.45) is 0.424. The summed E-state index contributed by atoms with van der Waals surface area (Å²) < 4.78 is 24.8. The fourth-order valence-electron chi connectivity index (χ4n) is 3.20. The Hall–Kier alpha value is -3.71. The first-order chi connectivity index (χ1) is 16.1. The molecule has 0 radical (unpaired) electrons. The highest BCUT2D eigenvalue weighted by Gasteiger charge is 2.18. The first kappa shape index (κ1) is 22.5. The molecule has 4 aromatic rings. The summed E-state index contributed by atoms with van der Waals surface area (Å²) in [4.78, 5) is 17.0. The number of hydrogen-bond acceptors (Lipinski definition) is 5. The number of carbonyl (C=O) groups excluding carboxylic acids is 1. The summed E-state index contributed by atoms with van der Waals surface area (Å²) in [6.45, 7) is 0.0813. The molecule has 1 N–H and O–H groups in total. The third kappa shape index (κ3) is 6.17. The van der Waals surface area contributed by atoms with E-state index in [0.29, 0.717) is 16.7 Å². The van der Waals surface area contributed by atoms with Crippen molar-refractivity contribution in [2.24, 2.45) is 0 Å². The van der Waals surface area contributed by atoms with Crippen LogP contribution in [0.5, 0.6) is 5.75 Å². The first-order valence-electron chi connectivity index (χ1n) is 10.4. The molecule has 0 bridgehead atoms. The predicted molar refractivity (Wildman–Crippen MR) is 122 cm³/mol. The number of para-hydroxylation sites is 1. The molecule has 0 saturated heterocycles. The van der Waals surface area contributed by atoms with Gasteiger partial charge in [-0.1, -0.05) is 59.2 Å². The van der Waals surface area contributed by atoms with Gasteiger partial charge in [-0.15, -0.1) is 0 Å². The maximum Gasteiger partial charge on any atom is 0.227 e. The predicted octanol–water partition coefficient (Wildman–Crippen LogP) is 5.40. The Morgan fingerprint density at radius 2 is 1.76 bits per heavy atom. The van der Waals surface area contributed by atoms with Crippen molar-refractivity contribution in [3.8, 4) is 17.1 Å². The van der Waals surface area contributed by atoms with Crippen LogP contribution in [0.2, 0.25) is 5.02 Å². The van der Waals surface area contributed by atoms with Crippen molar-refractivity contribution in [2.75, 3.05) is 6.61 Å². The molecule has 1 heterocycles. The van der Waals surface area contributed by atoms with Crippen LogP contribution in [-0.2, 0) is 11.2 Å². The minimum atomic E-state index is -0.455. The van der Waals surface area contributed by atoms with Crippen LogP contribution in [0.4, 0.5) is 4.39 Å². The number of amides is 1. The summed E-state index contributed by atoms with van der Waals surface area (Å²) in [7, 11) is 0. The molecule has 0 fully saturated rings. The fraction of sp³-hybridized carbons (Fsp3) is 0.160. The van der Waals surface area contributed by atoms with Gasteiger partial charge in [0.05, 0.1) is 6.04 Å². The molecule has 1 aromatic heterocycles. The van der Waals surface area contributed by atoms with Gasteiger partial charge in [-0.25, -0.2) is 4.39 Å². The second-order valence-corrected chi connectivity index (χ2v) is 7.73. The molecule has 1 unspecified atom stereocenters. The maximum absolute atomic E-state index is 13.9. The van der Waals surface area contributed by atoms with Gasteiger partial charge >= 0.3 is 0 Å². The van der Waals surface area contributed by atoms with E-state index in [4.69, 9.17) is 20.9 Å². The third-order valence-corrected chi connectivity index (χ3v) is 5.17. The van der Waals surface area contributed by atoms with Crippen LogP contribution in [-0.4, -0.2) is 22.7 Å². The van der Waals surface area contributed by atoms with Crippen LogP contribution in [0, 0.1) is 5.82 Å². The van der Waals surface area contributed by atoms with Crippen LogP contribution in [0.15, 0.2) is 83.4 Å². The van der Waals surface area contributed by atoms with Gasteiger partial charge in [0.2, 0.25) is 17.6 Å². The standard InChI is InChI=1S/C25H21ClFN3O3/c26-19-12-10-18(11-13-19)25-29-24(33-30-25)15-14-23(31)28-21(17-6-2-1-3-7-17)16-32-22-9-5-4-8-20(22)27/h1-13,21H,14-16H2,(H,28,31). The van der Waals surface area contributed by atoms with E-state index in [9.17, 15) is 9.18 Å². The number of aromatic nitrogens is 2. The Labute approximate surface area is 195 Å². The molecule has 33 heavy (non-hydrogen) atoms. The van der Waals surface area contributed by atoms with Crippen LogP contribution in [0.1, 0.15) is 23.9 Å². The number of benzene rings is 3. The minimum absolute atomic E-state index is 0.0813. The molecule has 6 nitrogen and oxygen atoms in total. The van der Waals surface area contributed by atoms with Crippen molar-refractivity contribution in [1.29, 1.82) is 0 Å². The fourth-order valence-corrected chi connectivity index (χ4v) is 3.33. The molecule has 0 saturated carbocycles. The molecule has 0 aliphatic rings. The van der Waals surface area contributed by atoms with Gasteiger partial charge in [-0.05, 0) is 42.0 Å². The van der Waals surface area contributed by atoms with Crippen LogP contribution in [0.25, 0.3) is 11.4 Å². The second-order valence-electron chi connectivity index (χ2n) is 7.29. The number of ether oxygens (including phenoxy) is 1. The van der Waals surface area contributed by atoms with Crippen molar-refractivity contribution in [3.63, 3.8) is 0 Å². The largest absolute Gasteiger partial charge is 0.488 e. The Bertz CT molecular complexity index is 1200. The third-order valence-electron chi connectivity index (χ3n) is 4.92. The molecular formula is C25H21ClFN3O3. The van der Waals surface area contributed by atoms with Crippen molar-refractivity contribution >= 4 is 17.5 Å². The van der Waals surface area contributed by atoms with Crippen molar-refractivity contribution in [3.05, 3.63) is 101 Å². The topological polar surface area (TPSA) is 77.2 Å². The number of carbonyl (C=O) groups is 1. The lowest BCUT2D eigenvalue weighted by Crippen LogP contribution is -2.32. The average Bonchev–Trinajstić information content (AvgIpc) is 3.31.